The van der Waals surface area contributed by atoms with Crippen molar-refractivity contribution in [1.29, 1.82) is 5.26 Å². The molecule has 2 rings (SSSR count). The van der Waals surface area contributed by atoms with Crippen LogP contribution in [0.5, 0.6) is 5.75 Å². The molecule has 106 valence electrons. The van der Waals surface area contributed by atoms with Crippen LogP contribution in [-0.4, -0.2) is 35.5 Å². The number of phenolic OH excluding ortho intramolecular Hbond substituents is 1. The number of anilines is 1. The molecule has 1 fully saturated rings. The Kier molecular flexibility index (Phi) is 4.97. The van der Waals surface area contributed by atoms with E-state index < -0.39 is 0 Å². The van der Waals surface area contributed by atoms with Crippen molar-refractivity contribution < 1.29 is 9.90 Å². The van der Waals surface area contributed by atoms with Gasteiger partial charge in [0.05, 0.1) is 11.8 Å². The van der Waals surface area contributed by atoms with E-state index in [4.69, 9.17) is 5.26 Å². The molecule has 1 aromatic rings. The number of carbonyl (C=O) groups is 1. The van der Waals surface area contributed by atoms with Crippen molar-refractivity contribution >= 4 is 11.6 Å². The number of benzene rings is 1. The summed E-state index contributed by atoms with van der Waals surface area (Å²) >= 11 is 0. The number of hydrogen-bond acceptors (Lipinski definition) is 4. The van der Waals surface area contributed by atoms with Crippen molar-refractivity contribution in [3.05, 3.63) is 24.3 Å². The second-order valence-corrected chi connectivity index (χ2v) is 5.03. The Morgan fingerprint density at radius 2 is 2.10 bits per heavy atom. The number of para-hydroxylation sites is 2. The third-order valence-electron chi connectivity index (χ3n) is 3.66. The molecule has 0 saturated carbocycles. The largest absolute Gasteiger partial charge is 0.506 e. The summed E-state index contributed by atoms with van der Waals surface area (Å²) in [4.78, 5) is 14.4. The first-order chi connectivity index (χ1) is 9.70. The Labute approximate surface area is 118 Å². The van der Waals surface area contributed by atoms with E-state index in [1.54, 1.807) is 24.3 Å². The summed E-state index contributed by atoms with van der Waals surface area (Å²) in [6.07, 6.45) is 2.13. The first-order valence-corrected chi connectivity index (χ1v) is 6.89. The highest BCUT2D eigenvalue weighted by Gasteiger charge is 2.25. The number of piperidine rings is 1. The lowest BCUT2D eigenvalue weighted by Gasteiger charge is -2.30. The van der Waals surface area contributed by atoms with Crippen LogP contribution in [0.4, 0.5) is 5.69 Å². The van der Waals surface area contributed by atoms with Gasteiger partial charge in [0.15, 0.2) is 0 Å². The Morgan fingerprint density at radius 3 is 2.75 bits per heavy atom. The number of nitriles is 1. The molecule has 0 radical (unpaired) electrons. The third-order valence-corrected chi connectivity index (χ3v) is 3.66. The first-order valence-electron chi connectivity index (χ1n) is 6.89. The van der Waals surface area contributed by atoms with Crippen molar-refractivity contribution in [1.82, 2.24) is 4.90 Å². The van der Waals surface area contributed by atoms with E-state index in [-0.39, 0.29) is 17.6 Å². The lowest BCUT2D eigenvalue weighted by atomic mass is 9.95. The lowest BCUT2D eigenvalue weighted by molar-refractivity contribution is -0.121. The maximum absolute atomic E-state index is 12.1. The summed E-state index contributed by atoms with van der Waals surface area (Å²) in [5.41, 5.74) is 0.462. The Bertz CT molecular complexity index is 502. The number of nitrogens with one attached hydrogen (secondary N) is 1. The minimum Gasteiger partial charge on any atom is -0.506 e. The average molecular weight is 273 g/mol. The van der Waals surface area contributed by atoms with Gasteiger partial charge in [-0.25, -0.2) is 0 Å². The molecule has 2 N–H and O–H groups in total. The molecule has 1 aromatic carbocycles. The van der Waals surface area contributed by atoms with Crippen LogP contribution in [0.25, 0.3) is 0 Å². The molecule has 1 heterocycles. The van der Waals surface area contributed by atoms with Crippen molar-refractivity contribution in [2.75, 3.05) is 25.0 Å². The average Bonchev–Trinajstić information content (AvgIpc) is 2.48. The zero-order chi connectivity index (χ0) is 14.4. The standard InChI is InChI=1S/C15H19N3O2/c16-8-3-9-18-10-6-12(7-11-18)15(20)17-13-4-1-2-5-14(13)19/h1-2,4-5,12,19H,3,6-7,9-11H2,(H,17,20). The van der Waals surface area contributed by atoms with Crippen LogP contribution in [0.2, 0.25) is 0 Å². The third kappa shape index (κ3) is 3.72. The molecular weight excluding hydrogens is 254 g/mol. The number of aromatic hydroxyl groups is 1. The lowest BCUT2D eigenvalue weighted by Crippen LogP contribution is -2.38. The number of nitrogens with zero attached hydrogens (tertiary/aromatic N) is 2. The van der Waals surface area contributed by atoms with Crippen LogP contribution in [0.3, 0.4) is 0 Å². The molecular formula is C15H19N3O2. The van der Waals surface area contributed by atoms with Gasteiger partial charge < -0.3 is 15.3 Å². The Morgan fingerprint density at radius 1 is 1.40 bits per heavy atom. The Hall–Kier alpha value is -2.06. The molecule has 5 nitrogen and oxygen atoms in total. The normalized spacial score (nSPS) is 16.6. The van der Waals surface area contributed by atoms with Gasteiger partial charge in [-0.2, -0.15) is 5.26 Å². The summed E-state index contributed by atoms with van der Waals surface area (Å²) < 4.78 is 0. The summed E-state index contributed by atoms with van der Waals surface area (Å²) in [6.45, 7) is 2.48. The highest BCUT2D eigenvalue weighted by atomic mass is 16.3. The minimum absolute atomic E-state index is 0.0204. The number of likely N-dealkylation sites (tertiary alicyclic amines) is 1. The molecule has 0 aliphatic carbocycles. The number of hydrogen-bond donors (Lipinski definition) is 2. The monoisotopic (exact) mass is 273 g/mol. The molecule has 0 bridgehead atoms. The zero-order valence-electron chi connectivity index (χ0n) is 11.4. The van der Waals surface area contributed by atoms with E-state index in [1.165, 1.54) is 0 Å². The molecule has 0 spiro atoms. The van der Waals surface area contributed by atoms with Gasteiger partial charge in [0.2, 0.25) is 5.91 Å². The highest BCUT2D eigenvalue weighted by Crippen LogP contribution is 2.24. The van der Waals surface area contributed by atoms with Gasteiger partial charge in [-0.3, -0.25) is 4.79 Å². The van der Waals surface area contributed by atoms with E-state index in [9.17, 15) is 9.90 Å². The Balaban J connectivity index is 1.83. The summed E-state index contributed by atoms with van der Waals surface area (Å²) in [5, 5.41) is 21.0. The van der Waals surface area contributed by atoms with E-state index >= 15 is 0 Å². The van der Waals surface area contributed by atoms with Gasteiger partial charge in [0.1, 0.15) is 5.75 Å². The van der Waals surface area contributed by atoms with Gasteiger partial charge in [-0.05, 0) is 38.1 Å². The van der Waals surface area contributed by atoms with Crippen molar-refractivity contribution in [2.24, 2.45) is 5.92 Å². The van der Waals surface area contributed by atoms with Gasteiger partial charge >= 0.3 is 0 Å². The molecule has 1 aliphatic heterocycles. The maximum atomic E-state index is 12.1. The molecule has 0 unspecified atom stereocenters. The fourth-order valence-corrected chi connectivity index (χ4v) is 2.44. The van der Waals surface area contributed by atoms with Crippen LogP contribution in [0, 0.1) is 17.2 Å². The van der Waals surface area contributed by atoms with E-state index in [0.717, 1.165) is 32.5 Å². The molecule has 1 amide bonds. The van der Waals surface area contributed by atoms with Crippen LogP contribution >= 0.6 is 0 Å². The molecule has 0 atom stereocenters. The van der Waals surface area contributed by atoms with Crippen molar-refractivity contribution in [3.8, 4) is 11.8 Å². The second-order valence-electron chi connectivity index (χ2n) is 5.03. The van der Waals surface area contributed by atoms with Crippen molar-refractivity contribution in [3.63, 3.8) is 0 Å². The molecule has 1 saturated heterocycles. The van der Waals surface area contributed by atoms with Crippen LogP contribution in [-0.2, 0) is 4.79 Å². The van der Waals surface area contributed by atoms with E-state index in [1.807, 2.05) is 0 Å². The topological polar surface area (TPSA) is 76.4 Å². The number of amides is 1. The molecule has 20 heavy (non-hydrogen) atoms. The van der Waals surface area contributed by atoms with Crippen LogP contribution in [0.15, 0.2) is 24.3 Å². The summed E-state index contributed by atoms with van der Waals surface area (Å²) in [5.74, 6) is 0.0340. The van der Waals surface area contributed by atoms with E-state index in [0.29, 0.717) is 12.1 Å². The predicted octanol–water partition coefficient (Wildman–Crippen LogP) is 1.96. The molecule has 0 aromatic heterocycles. The molecule has 1 aliphatic rings. The maximum Gasteiger partial charge on any atom is 0.227 e. The van der Waals surface area contributed by atoms with Gasteiger partial charge in [-0.1, -0.05) is 12.1 Å². The quantitative estimate of drug-likeness (QED) is 0.822. The highest BCUT2D eigenvalue weighted by molar-refractivity contribution is 5.93. The van der Waals surface area contributed by atoms with Gasteiger partial charge in [0, 0.05) is 18.9 Å². The zero-order valence-corrected chi connectivity index (χ0v) is 11.4. The van der Waals surface area contributed by atoms with Crippen LogP contribution < -0.4 is 5.32 Å². The van der Waals surface area contributed by atoms with Crippen molar-refractivity contribution in [2.45, 2.75) is 19.3 Å². The fourth-order valence-electron chi connectivity index (χ4n) is 2.44. The van der Waals surface area contributed by atoms with E-state index in [2.05, 4.69) is 16.3 Å². The number of rotatable bonds is 4. The number of carbonyl (C=O) groups excluding carboxylic acids is 1. The minimum atomic E-state index is -0.0357. The fraction of sp³-hybridized carbons (Fsp3) is 0.467. The predicted molar refractivity (Wildman–Crippen MR) is 76.1 cm³/mol. The smallest absolute Gasteiger partial charge is 0.227 e. The summed E-state index contributed by atoms with van der Waals surface area (Å²) in [6, 6.07) is 8.88. The SMILES string of the molecule is N#CCCN1CCC(C(=O)Nc2ccccc2O)CC1. The second kappa shape index (κ2) is 6.92. The number of phenols is 1. The van der Waals surface area contributed by atoms with Gasteiger partial charge in [-0.15, -0.1) is 0 Å². The molecule has 5 heteroatoms. The van der Waals surface area contributed by atoms with Gasteiger partial charge in [0.25, 0.3) is 0 Å². The summed E-state index contributed by atoms with van der Waals surface area (Å²) in [7, 11) is 0. The first kappa shape index (κ1) is 14.4. The van der Waals surface area contributed by atoms with Crippen LogP contribution in [0.1, 0.15) is 19.3 Å².